The van der Waals surface area contributed by atoms with Crippen molar-refractivity contribution in [3.05, 3.63) is 34.6 Å². The van der Waals surface area contributed by atoms with E-state index in [4.69, 9.17) is 104 Å². The summed E-state index contributed by atoms with van der Waals surface area (Å²) in [6.45, 7) is 13.9. The van der Waals surface area contributed by atoms with Crippen LogP contribution in [0.25, 0.3) is 22.1 Å². The number of anilines is 2. The standard InChI is InChI=1S/C65H104Cl2N18O23P2Si/c1-11-102-110(92,103-12-2)65(38-96-26-25-93-7,39-99-36-48-77-80-81-82(48)40-98-29-30-111(8,9)10)101-34-46-51-52(58(105-46)85-56-44(32-69-85)54(72-60(67)74-56)83(42-19-15-16-20-42)61(88)108-62(3,4)5)107-63(6,106-51)21-23-94-27-28-97-37-64(109(89,90)91,22-24-95-35-47-75-78-79-76-47)100-33-45-49(86)50(87)57(104-45)84-55-43(31-68-84)53(71-59(66)73-55)70-41-17-13-14-18-41/h31-32,41-42,45-46,49-52,57-58,86-87H,11-30,33-40H2,1-10H3,(H,70,71,73)(H2,89,90,91)(H,75,76,78,79)/t45-,46-,49-,50-,51-,52-,57-,58-,63?,64-,65+/m1/s1. The van der Waals surface area contributed by atoms with E-state index in [0.29, 0.717) is 41.9 Å². The van der Waals surface area contributed by atoms with E-state index in [2.05, 4.69) is 86.1 Å². The molecule has 5 aliphatic rings. The van der Waals surface area contributed by atoms with E-state index in [0.717, 1.165) is 44.6 Å². The molecule has 620 valence electrons. The number of H-pyrrole nitrogens is 1. The van der Waals surface area contributed by atoms with Crippen molar-refractivity contribution in [2.45, 2.75) is 235 Å². The summed E-state index contributed by atoms with van der Waals surface area (Å²) in [5.74, 6) is -0.382. The van der Waals surface area contributed by atoms with Crippen LogP contribution in [0.15, 0.2) is 12.4 Å². The van der Waals surface area contributed by atoms with Gasteiger partial charge in [0.2, 0.25) is 15.9 Å². The van der Waals surface area contributed by atoms with Crippen LogP contribution in [0.2, 0.25) is 36.3 Å². The SMILES string of the molecule is CCOP(=O)(OCC)[C@@](COCCOC)(COCc1nnnn1COCC[Si](C)(C)C)OC[C@H]1O[C@@H](n2ncc3c(N(C(=O)OC(C)(C)C)C4CCCC4)nc(Cl)nc32)[C@@H]2OC(C)(CCOCCOC[C@](CCOCc3nn[nH]n3)(OC[C@H]3O[C@@H](n4ncc5c(NC6CCCC6)nc(Cl)nc54)[C@H](O)[C@@H]3O)P(=O)(O)O)O[C@@H]21. The molecule has 2 saturated carbocycles. The Morgan fingerprint density at radius 3 is 2.05 bits per heavy atom. The average Bonchev–Trinajstić information content (AvgIpc) is 1.42. The number of tetrazole rings is 2. The van der Waals surface area contributed by atoms with Gasteiger partial charge in [-0.3, -0.25) is 14.0 Å². The molecule has 46 heteroatoms. The number of rotatable bonds is 45. The lowest BCUT2D eigenvalue weighted by molar-refractivity contribution is -0.224. The molecule has 0 bridgehead atoms. The number of aromatic nitrogens is 16. The number of methoxy groups -OCH3 is 1. The molecule has 3 saturated heterocycles. The smallest absolute Gasteiger partial charge is 0.416 e. The van der Waals surface area contributed by atoms with Crippen LogP contribution in [0.3, 0.4) is 0 Å². The van der Waals surface area contributed by atoms with Crippen LogP contribution in [0.4, 0.5) is 16.4 Å². The minimum atomic E-state index is -5.36. The van der Waals surface area contributed by atoms with E-state index in [1.54, 1.807) is 41.5 Å². The predicted molar refractivity (Wildman–Crippen MR) is 395 cm³/mol. The molecular formula is C65H104Cl2N18O23P2Si. The third kappa shape index (κ3) is 21.5. The number of carbonyl (C=O) groups is 1. The van der Waals surface area contributed by atoms with Crippen molar-refractivity contribution < 1.29 is 109 Å². The Labute approximate surface area is 652 Å². The lowest BCUT2D eigenvalue weighted by Crippen LogP contribution is -2.47. The van der Waals surface area contributed by atoms with Crippen LogP contribution in [0, 0.1) is 0 Å². The Morgan fingerprint density at radius 2 is 1.37 bits per heavy atom. The predicted octanol–water partition coefficient (Wildman–Crippen LogP) is 6.62. The van der Waals surface area contributed by atoms with Gasteiger partial charge in [0.1, 0.15) is 68.0 Å². The van der Waals surface area contributed by atoms with Crippen molar-refractivity contribution in [2.75, 3.05) is 110 Å². The van der Waals surface area contributed by atoms with Crippen molar-refractivity contribution in [1.29, 1.82) is 0 Å². The minimum absolute atomic E-state index is 0.0332. The molecule has 1 unspecified atom stereocenters. The van der Waals surface area contributed by atoms with Gasteiger partial charge >= 0.3 is 21.3 Å². The highest BCUT2D eigenvalue weighted by molar-refractivity contribution is 7.55. The summed E-state index contributed by atoms with van der Waals surface area (Å²) in [5, 5.41) is 57.4. The fourth-order valence-electron chi connectivity index (χ4n) is 13.6. The Morgan fingerprint density at radius 1 is 0.739 bits per heavy atom. The van der Waals surface area contributed by atoms with Crippen LogP contribution in [-0.2, 0) is 104 Å². The van der Waals surface area contributed by atoms with Crippen molar-refractivity contribution in [3.63, 3.8) is 0 Å². The minimum Gasteiger partial charge on any atom is -0.443 e. The third-order valence-electron chi connectivity index (χ3n) is 19.4. The quantitative estimate of drug-likeness (QED) is 0.0101. The van der Waals surface area contributed by atoms with Gasteiger partial charge in [0.15, 0.2) is 52.3 Å². The Kier molecular flexibility index (Phi) is 29.9. The number of aromatic amines is 1. The molecule has 11 atom stereocenters. The topological polar surface area (TPSA) is 480 Å². The first-order valence-electron chi connectivity index (χ1n) is 37.3. The number of ether oxygens (including phenoxy) is 14. The molecule has 9 heterocycles. The van der Waals surface area contributed by atoms with Crippen molar-refractivity contribution in [3.8, 4) is 0 Å². The summed E-state index contributed by atoms with van der Waals surface area (Å²) in [6.07, 6.45) is -1.31. The van der Waals surface area contributed by atoms with E-state index >= 15 is 4.57 Å². The van der Waals surface area contributed by atoms with Crippen LogP contribution < -0.4 is 10.2 Å². The van der Waals surface area contributed by atoms with E-state index < -0.39 is 140 Å². The summed E-state index contributed by atoms with van der Waals surface area (Å²) >= 11 is 13.3. The maximum Gasteiger partial charge on any atom is 0.416 e. The molecule has 0 spiro atoms. The monoisotopic (exact) mass is 1660 g/mol. The first-order chi connectivity index (χ1) is 53.0. The molecule has 2 aliphatic carbocycles. The molecule has 0 radical (unpaired) electrons. The number of hydrogen-bond acceptors (Lipinski definition) is 34. The molecule has 3 aliphatic heterocycles. The molecule has 41 nitrogen and oxygen atoms in total. The van der Waals surface area contributed by atoms with Gasteiger partial charge in [0, 0.05) is 46.7 Å². The van der Waals surface area contributed by atoms with Gasteiger partial charge in [0.05, 0.1) is 109 Å². The van der Waals surface area contributed by atoms with Crippen LogP contribution >= 0.6 is 38.4 Å². The lowest BCUT2D eigenvalue weighted by Gasteiger charge is -2.39. The summed E-state index contributed by atoms with van der Waals surface area (Å²) in [5.41, 5.74) is -0.497. The molecule has 6 aromatic rings. The average molecular weight is 1670 g/mol. The highest BCUT2D eigenvalue weighted by Crippen LogP contribution is 2.62. The number of fused-ring (bicyclic) bond motifs is 3. The summed E-state index contributed by atoms with van der Waals surface area (Å²) in [7, 11) is -9.72. The van der Waals surface area contributed by atoms with Gasteiger partial charge in [0.25, 0.3) is 0 Å². The van der Waals surface area contributed by atoms with Crippen molar-refractivity contribution in [2.24, 2.45) is 0 Å². The Bertz CT molecular complexity index is 4050. The van der Waals surface area contributed by atoms with Gasteiger partial charge < -0.3 is 101 Å². The van der Waals surface area contributed by atoms with Gasteiger partial charge in [-0.1, -0.05) is 50.5 Å². The number of nitrogens with zero attached hydrogens (tertiary/aromatic N) is 16. The maximum atomic E-state index is 15.6. The van der Waals surface area contributed by atoms with Crippen LogP contribution in [0.1, 0.15) is 130 Å². The van der Waals surface area contributed by atoms with Gasteiger partial charge in [-0.15, -0.1) is 15.3 Å². The lowest BCUT2D eigenvalue weighted by atomic mass is 10.1. The molecule has 0 aromatic carbocycles. The van der Waals surface area contributed by atoms with E-state index in [-0.39, 0.29) is 125 Å². The Hall–Kier alpha value is -5.19. The van der Waals surface area contributed by atoms with Crippen molar-refractivity contribution >= 4 is 86.3 Å². The summed E-state index contributed by atoms with van der Waals surface area (Å²) in [4.78, 5) is 56.3. The second kappa shape index (κ2) is 38.3. The molecular weight excluding hydrogens is 1560 g/mol. The molecule has 6 N–H and O–H groups in total. The number of hydrogen-bond donors (Lipinski definition) is 6. The highest BCUT2D eigenvalue weighted by atomic mass is 35.5. The summed E-state index contributed by atoms with van der Waals surface area (Å²) in [6, 6.07) is 0.787. The van der Waals surface area contributed by atoms with Crippen molar-refractivity contribution in [1.82, 2.24) is 80.3 Å². The van der Waals surface area contributed by atoms with Gasteiger partial charge in [-0.05, 0) is 107 Å². The number of carbonyl (C=O) groups excluding carboxylic acids is 1. The van der Waals surface area contributed by atoms with Crippen LogP contribution in [-0.4, -0.2) is 285 Å². The zero-order chi connectivity index (χ0) is 79.4. The molecule has 5 fully saturated rings. The molecule has 1 amide bonds. The highest BCUT2D eigenvalue weighted by Gasteiger charge is 2.61. The zero-order valence-electron chi connectivity index (χ0n) is 64.1. The third-order valence-corrected chi connectivity index (χ3v) is 25.5. The molecule has 11 rings (SSSR count). The van der Waals surface area contributed by atoms with E-state index in [1.807, 2.05) is 0 Å². The molecule has 6 aromatic heterocycles. The largest absolute Gasteiger partial charge is 0.443 e. The number of halogens is 2. The zero-order valence-corrected chi connectivity index (χ0v) is 68.4. The first kappa shape index (κ1) is 86.7. The number of nitrogens with one attached hydrogen (secondary N) is 2. The number of aliphatic hydroxyl groups excluding tert-OH is 2. The number of amides is 1. The normalized spacial score (nSPS) is 24.0. The fraction of sp³-hybridized carbons (Fsp3) is 0.800. The fourth-order valence-corrected chi connectivity index (χ4v) is 17.5. The summed E-state index contributed by atoms with van der Waals surface area (Å²) < 4.78 is 134. The maximum absolute atomic E-state index is 15.6. The number of aliphatic hydroxyl groups is 2. The van der Waals surface area contributed by atoms with Gasteiger partial charge in [-0.2, -0.15) is 35.3 Å². The van der Waals surface area contributed by atoms with E-state index in [1.165, 1.54) is 38.4 Å². The Balaban J connectivity index is 0.814. The van der Waals surface area contributed by atoms with Gasteiger partial charge in [-0.25, -0.2) is 18.8 Å². The first-order valence-corrected chi connectivity index (χ1v) is 44.9. The van der Waals surface area contributed by atoms with E-state index in [9.17, 15) is 29.4 Å². The second-order valence-corrected chi connectivity index (χ2v) is 40.6. The van der Waals surface area contributed by atoms with Crippen LogP contribution in [0.5, 0.6) is 0 Å². The molecule has 111 heavy (non-hydrogen) atoms. The second-order valence-electron chi connectivity index (χ2n) is 30.1.